The number of halogens is 1. The zero-order valence-electron chi connectivity index (χ0n) is 5.16. The summed E-state index contributed by atoms with van der Waals surface area (Å²) in [4.78, 5) is 0. The van der Waals surface area contributed by atoms with Crippen molar-refractivity contribution in [3.8, 4) is 0 Å². The highest BCUT2D eigenvalue weighted by atomic mass is 127. The minimum absolute atomic E-state index is 0.385. The van der Waals surface area contributed by atoms with Crippen molar-refractivity contribution in [2.24, 2.45) is 0 Å². The van der Waals surface area contributed by atoms with Gasteiger partial charge in [-0.1, -0.05) is 22.6 Å². The average molecular weight is 247 g/mol. The molecule has 0 saturated carbocycles. The van der Waals surface area contributed by atoms with Crippen LogP contribution >= 0.6 is 22.6 Å². The summed E-state index contributed by atoms with van der Waals surface area (Å²) in [6, 6.07) is 3.42. The predicted molar refractivity (Wildman–Crippen MR) is 47.4 cm³/mol. The van der Waals surface area contributed by atoms with Gasteiger partial charge in [-0.05, 0) is 16.2 Å². The monoisotopic (exact) mass is 247 g/mol. The van der Waals surface area contributed by atoms with Crippen LogP contribution in [-0.4, -0.2) is 9.78 Å². The van der Waals surface area contributed by atoms with E-state index < -0.39 is 0 Å². The normalized spacial score (nSPS) is 10.5. The van der Waals surface area contributed by atoms with Gasteiger partial charge in [0.1, 0.15) is 5.49 Å². The predicted octanol–water partition coefficient (Wildman–Crippen LogP) is 1.23. The molecular weight excluding hydrogens is 241 g/mol. The first-order chi connectivity index (χ1) is 4.84. The largest absolute Gasteiger partial charge is 0.283 e. The molecule has 0 aliphatic heterocycles. The standard InChI is InChI=1S/C6H6IN3/c7-3-5-10-6(8)2-1-4-9-10/h1-5,8H/b5-3-,8-6?. The van der Waals surface area contributed by atoms with Crippen LogP contribution in [0.1, 0.15) is 0 Å². The van der Waals surface area contributed by atoms with Gasteiger partial charge in [0.05, 0.1) is 0 Å². The Labute approximate surface area is 72.0 Å². The highest BCUT2D eigenvalue weighted by molar-refractivity contribution is 14.1. The number of rotatable bonds is 1. The van der Waals surface area contributed by atoms with Gasteiger partial charge in [-0.2, -0.15) is 5.10 Å². The average Bonchev–Trinajstić information content (AvgIpc) is 1.94. The lowest BCUT2D eigenvalue weighted by Gasteiger charge is -1.93. The first-order valence-corrected chi connectivity index (χ1v) is 3.94. The maximum atomic E-state index is 7.32. The number of hydrogen-bond donors (Lipinski definition) is 1. The zero-order valence-corrected chi connectivity index (χ0v) is 7.32. The Morgan fingerprint density at radius 1 is 1.70 bits per heavy atom. The van der Waals surface area contributed by atoms with Crippen LogP contribution in [0.15, 0.2) is 22.4 Å². The molecule has 0 fully saturated rings. The summed E-state index contributed by atoms with van der Waals surface area (Å²) < 4.78 is 3.30. The van der Waals surface area contributed by atoms with Gasteiger partial charge in [-0.15, -0.1) is 0 Å². The van der Waals surface area contributed by atoms with Crippen LogP contribution in [0.4, 0.5) is 0 Å². The molecule has 0 aliphatic carbocycles. The fourth-order valence-electron chi connectivity index (χ4n) is 0.555. The van der Waals surface area contributed by atoms with E-state index in [1.54, 1.807) is 24.5 Å². The first-order valence-electron chi connectivity index (χ1n) is 2.70. The summed E-state index contributed by atoms with van der Waals surface area (Å²) in [5, 5.41) is 11.2. The minimum Gasteiger partial charge on any atom is -0.283 e. The van der Waals surface area contributed by atoms with E-state index in [0.717, 1.165) is 0 Å². The van der Waals surface area contributed by atoms with Crippen molar-refractivity contribution >= 4 is 28.8 Å². The summed E-state index contributed by atoms with van der Waals surface area (Å²) in [7, 11) is 0. The molecule has 0 saturated heterocycles. The highest BCUT2D eigenvalue weighted by Gasteiger charge is 1.81. The summed E-state index contributed by atoms with van der Waals surface area (Å²) in [5.74, 6) is 0. The Bertz CT molecular complexity index is 289. The number of aromatic nitrogens is 2. The smallest absolute Gasteiger partial charge is 0.145 e. The SMILES string of the molecule is N=c1cccnn1/C=C\I. The van der Waals surface area contributed by atoms with Crippen LogP contribution in [0.5, 0.6) is 0 Å². The fourth-order valence-corrected chi connectivity index (χ4v) is 0.860. The van der Waals surface area contributed by atoms with Crippen LogP contribution in [-0.2, 0) is 0 Å². The quantitative estimate of drug-likeness (QED) is 0.745. The van der Waals surface area contributed by atoms with E-state index in [9.17, 15) is 0 Å². The molecule has 0 bridgehead atoms. The third-order valence-electron chi connectivity index (χ3n) is 0.976. The third-order valence-corrected chi connectivity index (χ3v) is 1.30. The van der Waals surface area contributed by atoms with Crippen molar-refractivity contribution < 1.29 is 0 Å². The second-order valence-corrected chi connectivity index (χ2v) is 2.35. The van der Waals surface area contributed by atoms with Gasteiger partial charge in [0.25, 0.3) is 0 Å². The van der Waals surface area contributed by atoms with E-state index in [1.165, 1.54) is 4.68 Å². The van der Waals surface area contributed by atoms with Crippen molar-refractivity contribution in [3.05, 3.63) is 27.9 Å². The van der Waals surface area contributed by atoms with Crippen LogP contribution in [0, 0.1) is 5.41 Å². The number of nitrogens with one attached hydrogen (secondary N) is 1. The second-order valence-electron chi connectivity index (χ2n) is 1.63. The lowest BCUT2D eigenvalue weighted by atomic mass is 10.6. The van der Waals surface area contributed by atoms with Crippen molar-refractivity contribution in [1.82, 2.24) is 9.78 Å². The van der Waals surface area contributed by atoms with Gasteiger partial charge in [-0.25, -0.2) is 4.68 Å². The molecule has 0 spiro atoms. The molecule has 1 N–H and O–H groups in total. The van der Waals surface area contributed by atoms with E-state index >= 15 is 0 Å². The molecule has 4 heteroatoms. The van der Waals surface area contributed by atoms with Crippen LogP contribution in [0.2, 0.25) is 0 Å². The van der Waals surface area contributed by atoms with Crippen molar-refractivity contribution in [3.63, 3.8) is 0 Å². The molecule has 1 rings (SSSR count). The van der Waals surface area contributed by atoms with Gasteiger partial charge in [-0.3, -0.25) is 5.41 Å². The molecule has 3 nitrogen and oxygen atoms in total. The van der Waals surface area contributed by atoms with Crippen LogP contribution in [0.25, 0.3) is 6.20 Å². The number of nitrogens with zero attached hydrogens (tertiary/aromatic N) is 2. The maximum absolute atomic E-state index is 7.32. The molecule has 0 atom stereocenters. The Hall–Kier alpha value is -0.650. The summed E-state index contributed by atoms with van der Waals surface area (Å²) in [5.41, 5.74) is 0.385. The van der Waals surface area contributed by atoms with Gasteiger partial charge in [0.2, 0.25) is 0 Å². The summed E-state index contributed by atoms with van der Waals surface area (Å²) >= 11 is 2.08. The lowest BCUT2D eigenvalue weighted by molar-refractivity contribution is 0.814. The third kappa shape index (κ3) is 1.66. The molecule has 1 aromatic rings. The first kappa shape index (κ1) is 7.46. The molecule has 0 aromatic carbocycles. The topological polar surface area (TPSA) is 41.7 Å². The molecule has 1 heterocycles. The molecule has 0 aliphatic rings. The lowest BCUT2D eigenvalue weighted by Crippen LogP contribution is -2.15. The van der Waals surface area contributed by atoms with Crippen LogP contribution in [0.3, 0.4) is 0 Å². The number of hydrogen-bond acceptors (Lipinski definition) is 2. The molecule has 1 aromatic heterocycles. The molecular formula is C6H6IN3. The fraction of sp³-hybridized carbons (Fsp3) is 0. The zero-order chi connectivity index (χ0) is 7.40. The van der Waals surface area contributed by atoms with E-state index in [-0.39, 0.29) is 0 Å². The molecule has 10 heavy (non-hydrogen) atoms. The summed E-state index contributed by atoms with van der Waals surface area (Å²) in [6.07, 6.45) is 3.37. The van der Waals surface area contributed by atoms with Crippen molar-refractivity contribution in [2.45, 2.75) is 0 Å². The minimum atomic E-state index is 0.385. The molecule has 0 unspecified atom stereocenters. The van der Waals surface area contributed by atoms with Gasteiger partial charge in [0.15, 0.2) is 0 Å². The van der Waals surface area contributed by atoms with Gasteiger partial charge in [0, 0.05) is 12.4 Å². The van der Waals surface area contributed by atoms with Gasteiger partial charge < -0.3 is 0 Å². The second kappa shape index (κ2) is 3.50. The van der Waals surface area contributed by atoms with Crippen LogP contribution < -0.4 is 5.49 Å². The van der Waals surface area contributed by atoms with E-state index in [4.69, 9.17) is 5.41 Å². The molecule has 0 amide bonds. The van der Waals surface area contributed by atoms with Crippen molar-refractivity contribution in [2.75, 3.05) is 0 Å². The van der Waals surface area contributed by atoms with E-state index in [1.807, 2.05) is 4.08 Å². The Balaban J connectivity index is 3.16. The molecule has 0 radical (unpaired) electrons. The maximum Gasteiger partial charge on any atom is 0.145 e. The van der Waals surface area contributed by atoms with E-state index in [2.05, 4.69) is 27.7 Å². The van der Waals surface area contributed by atoms with Gasteiger partial charge >= 0.3 is 0 Å². The Morgan fingerprint density at radius 2 is 2.50 bits per heavy atom. The van der Waals surface area contributed by atoms with E-state index in [0.29, 0.717) is 5.49 Å². The Morgan fingerprint density at radius 3 is 3.10 bits per heavy atom. The summed E-state index contributed by atoms with van der Waals surface area (Å²) in [6.45, 7) is 0. The highest BCUT2D eigenvalue weighted by Crippen LogP contribution is 1.84. The van der Waals surface area contributed by atoms with Crippen molar-refractivity contribution in [1.29, 1.82) is 5.41 Å². The Kier molecular flexibility index (Phi) is 2.61. The molecule has 52 valence electrons.